The number of benzene rings is 1. The normalized spacial score (nSPS) is 15.0. The Balaban J connectivity index is 1.74. The summed E-state index contributed by atoms with van der Waals surface area (Å²) in [4.78, 5) is 35.9. The van der Waals surface area contributed by atoms with Crippen LogP contribution in [0, 0.1) is 5.82 Å². The van der Waals surface area contributed by atoms with Gasteiger partial charge >= 0.3 is 12.0 Å². The molecule has 7 nitrogen and oxygen atoms in total. The number of halogens is 1. The van der Waals surface area contributed by atoms with Gasteiger partial charge in [-0.1, -0.05) is 0 Å². The summed E-state index contributed by atoms with van der Waals surface area (Å²) < 4.78 is 12.9. The van der Waals surface area contributed by atoms with Crippen LogP contribution in [0.25, 0.3) is 0 Å². The minimum atomic E-state index is -0.961. The van der Waals surface area contributed by atoms with Crippen molar-refractivity contribution in [3.63, 3.8) is 0 Å². The number of urea groups is 1. The molecule has 130 valence electrons. The Bertz CT molecular complexity index is 598. The molecule has 0 spiro atoms. The zero-order valence-corrected chi connectivity index (χ0v) is 13.1. The van der Waals surface area contributed by atoms with Crippen LogP contribution in [0.3, 0.4) is 0 Å². The highest BCUT2D eigenvalue weighted by atomic mass is 19.1. The lowest BCUT2D eigenvalue weighted by atomic mass is 10.0. The van der Waals surface area contributed by atoms with Gasteiger partial charge in [-0.25, -0.2) is 9.18 Å². The number of amides is 3. The van der Waals surface area contributed by atoms with Crippen LogP contribution in [-0.4, -0.2) is 53.6 Å². The molecule has 0 saturated carbocycles. The van der Waals surface area contributed by atoms with Gasteiger partial charge in [0.05, 0.1) is 6.42 Å². The second-order valence-electron chi connectivity index (χ2n) is 5.62. The van der Waals surface area contributed by atoms with Crippen molar-refractivity contribution >= 4 is 17.9 Å². The Hall–Kier alpha value is -2.64. The van der Waals surface area contributed by atoms with E-state index in [1.165, 1.54) is 24.3 Å². The minimum absolute atomic E-state index is 0.0503. The second kappa shape index (κ2) is 8.28. The van der Waals surface area contributed by atoms with E-state index in [4.69, 9.17) is 5.11 Å². The fourth-order valence-corrected chi connectivity index (χ4v) is 2.49. The number of hydrogen-bond acceptors (Lipinski definition) is 3. The molecule has 1 saturated heterocycles. The highest BCUT2D eigenvalue weighted by Crippen LogP contribution is 2.12. The van der Waals surface area contributed by atoms with Crippen LogP contribution >= 0.6 is 0 Å². The third-order valence-electron chi connectivity index (χ3n) is 3.84. The van der Waals surface area contributed by atoms with E-state index in [9.17, 15) is 18.8 Å². The smallest absolute Gasteiger partial charge is 0.317 e. The zero-order chi connectivity index (χ0) is 17.5. The summed E-state index contributed by atoms with van der Waals surface area (Å²) in [6.07, 6.45) is 1.11. The molecule has 1 fully saturated rings. The minimum Gasteiger partial charge on any atom is -0.481 e. The summed E-state index contributed by atoms with van der Waals surface area (Å²) in [7, 11) is 0. The van der Waals surface area contributed by atoms with E-state index in [0.29, 0.717) is 31.5 Å². The van der Waals surface area contributed by atoms with Gasteiger partial charge in [-0.2, -0.15) is 0 Å². The van der Waals surface area contributed by atoms with Crippen LogP contribution in [-0.2, 0) is 4.79 Å². The molecule has 3 N–H and O–H groups in total. The molecule has 0 aliphatic carbocycles. The van der Waals surface area contributed by atoms with Crippen molar-refractivity contribution in [1.29, 1.82) is 0 Å². The number of carboxylic acid groups (broad SMARTS) is 1. The molecule has 1 aromatic carbocycles. The zero-order valence-electron chi connectivity index (χ0n) is 13.1. The van der Waals surface area contributed by atoms with Crippen molar-refractivity contribution in [2.45, 2.75) is 25.3 Å². The molecule has 3 amide bonds. The lowest BCUT2D eigenvalue weighted by Gasteiger charge is -2.32. The molecule has 0 unspecified atom stereocenters. The number of piperidine rings is 1. The number of likely N-dealkylation sites (tertiary alicyclic amines) is 1. The van der Waals surface area contributed by atoms with Crippen molar-refractivity contribution < 1.29 is 23.9 Å². The summed E-state index contributed by atoms with van der Waals surface area (Å²) in [5, 5.41) is 14.0. The molecule has 1 aliphatic heterocycles. The Labute approximate surface area is 138 Å². The van der Waals surface area contributed by atoms with Crippen molar-refractivity contribution in [1.82, 2.24) is 15.5 Å². The van der Waals surface area contributed by atoms with Gasteiger partial charge in [0.1, 0.15) is 5.82 Å². The van der Waals surface area contributed by atoms with Gasteiger partial charge < -0.3 is 20.6 Å². The number of carboxylic acids is 1. The number of nitrogens with one attached hydrogen (secondary N) is 2. The van der Waals surface area contributed by atoms with Gasteiger partial charge in [0.25, 0.3) is 5.91 Å². The summed E-state index contributed by atoms with van der Waals surface area (Å²) >= 11 is 0. The summed E-state index contributed by atoms with van der Waals surface area (Å²) in [6.45, 7) is 1.05. The topological polar surface area (TPSA) is 98.7 Å². The van der Waals surface area contributed by atoms with Crippen LogP contribution in [0.15, 0.2) is 24.3 Å². The predicted molar refractivity (Wildman–Crippen MR) is 84.1 cm³/mol. The van der Waals surface area contributed by atoms with Crippen LogP contribution in [0.4, 0.5) is 9.18 Å². The number of carbonyl (C=O) groups excluding carboxylic acids is 2. The lowest BCUT2D eigenvalue weighted by molar-refractivity contribution is -0.136. The maximum Gasteiger partial charge on any atom is 0.317 e. The first-order chi connectivity index (χ1) is 11.5. The SMILES string of the molecule is O=C(O)CCNC(=O)N1CCC(NC(=O)c2ccc(F)cc2)CC1. The quantitative estimate of drug-likeness (QED) is 0.752. The first-order valence-electron chi connectivity index (χ1n) is 7.76. The standard InChI is InChI=1S/C16H20FN3O4/c17-12-3-1-11(2-4-12)15(23)19-13-6-9-20(10-7-13)16(24)18-8-5-14(21)22/h1-4,13H,5-10H2,(H,18,24)(H,19,23)(H,21,22). The van der Waals surface area contributed by atoms with Crippen LogP contribution < -0.4 is 10.6 Å². The number of carbonyl (C=O) groups is 3. The molecule has 2 rings (SSSR count). The summed E-state index contributed by atoms with van der Waals surface area (Å²) in [5.41, 5.74) is 0.394. The fraction of sp³-hybridized carbons (Fsp3) is 0.438. The molecule has 1 heterocycles. The molecular weight excluding hydrogens is 317 g/mol. The molecule has 0 aromatic heterocycles. The Kier molecular flexibility index (Phi) is 6.11. The summed E-state index contributed by atoms with van der Waals surface area (Å²) in [6, 6.07) is 4.98. The van der Waals surface area contributed by atoms with E-state index in [2.05, 4.69) is 10.6 Å². The van der Waals surface area contributed by atoms with Gasteiger partial charge in [-0.15, -0.1) is 0 Å². The van der Waals surface area contributed by atoms with E-state index in [1.807, 2.05) is 0 Å². The van der Waals surface area contributed by atoms with E-state index in [-0.39, 0.29) is 30.9 Å². The van der Waals surface area contributed by atoms with Gasteiger partial charge in [0.15, 0.2) is 0 Å². The monoisotopic (exact) mass is 337 g/mol. The largest absolute Gasteiger partial charge is 0.481 e. The maximum absolute atomic E-state index is 12.9. The number of rotatable bonds is 5. The second-order valence-corrected chi connectivity index (χ2v) is 5.62. The van der Waals surface area contributed by atoms with Crippen molar-refractivity contribution in [3.05, 3.63) is 35.6 Å². The van der Waals surface area contributed by atoms with Gasteiger partial charge in [-0.05, 0) is 37.1 Å². The average molecular weight is 337 g/mol. The molecule has 1 aliphatic rings. The van der Waals surface area contributed by atoms with E-state index in [1.54, 1.807) is 4.90 Å². The van der Waals surface area contributed by atoms with E-state index < -0.39 is 11.8 Å². The van der Waals surface area contributed by atoms with E-state index >= 15 is 0 Å². The summed E-state index contributed by atoms with van der Waals surface area (Å²) in [5.74, 6) is -1.62. The van der Waals surface area contributed by atoms with Crippen LogP contribution in [0.2, 0.25) is 0 Å². The average Bonchev–Trinajstić information content (AvgIpc) is 2.55. The molecule has 8 heteroatoms. The molecule has 1 aromatic rings. The van der Waals surface area contributed by atoms with Crippen molar-refractivity contribution in [2.24, 2.45) is 0 Å². The van der Waals surface area contributed by atoms with E-state index in [0.717, 1.165) is 0 Å². The third-order valence-corrected chi connectivity index (χ3v) is 3.84. The Morgan fingerprint density at radius 1 is 1.17 bits per heavy atom. The first kappa shape index (κ1) is 17.7. The van der Waals surface area contributed by atoms with Crippen LogP contribution in [0.1, 0.15) is 29.6 Å². The molecule has 24 heavy (non-hydrogen) atoms. The third kappa shape index (κ3) is 5.22. The number of hydrogen-bond donors (Lipinski definition) is 3. The predicted octanol–water partition coefficient (Wildman–Crippen LogP) is 1.20. The fourth-order valence-electron chi connectivity index (χ4n) is 2.49. The molecule has 0 radical (unpaired) electrons. The van der Waals surface area contributed by atoms with Gasteiger partial charge in [0.2, 0.25) is 0 Å². The molecular formula is C16H20FN3O4. The van der Waals surface area contributed by atoms with Gasteiger partial charge in [-0.3, -0.25) is 9.59 Å². The highest BCUT2D eigenvalue weighted by Gasteiger charge is 2.24. The van der Waals surface area contributed by atoms with Crippen molar-refractivity contribution in [3.8, 4) is 0 Å². The van der Waals surface area contributed by atoms with Crippen LogP contribution in [0.5, 0.6) is 0 Å². The Morgan fingerprint density at radius 3 is 2.38 bits per heavy atom. The van der Waals surface area contributed by atoms with Gasteiger partial charge in [0, 0.05) is 31.2 Å². The first-order valence-corrected chi connectivity index (χ1v) is 7.76. The maximum atomic E-state index is 12.9. The molecule has 0 atom stereocenters. The highest BCUT2D eigenvalue weighted by molar-refractivity contribution is 5.94. The number of nitrogens with zero attached hydrogens (tertiary/aromatic N) is 1. The van der Waals surface area contributed by atoms with Crippen molar-refractivity contribution in [2.75, 3.05) is 19.6 Å². The molecule has 0 bridgehead atoms. The Morgan fingerprint density at radius 2 is 1.79 bits per heavy atom. The number of aliphatic carboxylic acids is 1. The lowest BCUT2D eigenvalue weighted by Crippen LogP contribution is -2.49.